The van der Waals surface area contributed by atoms with E-state index in [0.29, 0.717) is 0 Å². The molecule has 4 aromatic rings. The van der Waals surface area contributed by atoms with E-state index in [9.17, 15) is 0 Å². The van der Waals surface area contributed by atoms with E-state index in [0.717, 1.165) is 12.8 Å². The largest absolute Gasteiger partial charge is 4.00 e. The summed E-state index contributed by atoms with van der Waals surface area (Å²) in [4.78, 5) is 0. The smallest absolute Gasteiger partial charge is 0.521 e. The molecule has 0 saturated heterocycles. The molecule has 0 saturated carbocycles. The van der Waals surface area contributed by atoms with E-state index in [2.05, 4.69) is 98.1 Å². The minimum absolute atomic E-state index is 0. The zero-order valence-electron chi connectivity index (χ0n) is 17.3. The van der Waals surface area contributed by atoms with Crippen molar-refractivity contribution in [2.45, 2.75) is 12.8 Å². The SMILES string of the molecule is [CH-]=C.[CH3-].[Ti+4].[c-]1cccc2c1Cc1ccccc1-2.[c-]1cccc2c1Cc1ccccc1-2. The molecular formula is C29H24Ti. The number of hydrogen-bond acceptors (Lipinski definition) is 0. The third-order valence-electron chi connectivity index (χ3n) is 5.23. The molecule has 0 aromatic heterocycles. The fraction of sp³-hybridized carbons (Fsp3) is 0.0690. The number of fused-ring (bicyclic) bond motifs is 6. The normalized spacial score (nSPS) is 10.8. The van der Waals surface area contributed by atoms with Crippen molar-refractivity contribution in [2.24, 2.45) is 0 Å². The summed E-state index contributed by atoms with van der Waals surface area (Å²) < 4.78 is 0. The Balaban J connectivity index is 0.000000186. The van der Waals surface area contributed by atoms with Gasteiger partial charge in [0.05, 0.1) is 0 Å². The van der Waals surface area contributed by atoms with Gasteiger partial charge in [-0.1, -0.05) is 70.8 Å². The van der Waals surface area contributed by atoms with E-state index in [1.54, 1.807) is 0 Å². The van der Waals surface area contributed by atoms with Crippen molar-refractivity contribution in [3.8, 4) is 22.3 Å². The van der Waals surface area contributed by atoms with E-state index in [-0.39, 0.29) is 29.1 Å². The summed E-state index contributed by atoms with van der Waals surface area (Å²) in [6, 6.07) is 36.2. The Morgan fingerprint density at radius 3 is 1.37 bits per heavy atom. The van der Waals surface area contributed by atoms with Gasteiger partial charge in [-0.05, 0) is 12.8 Å². The van der Waals surface area contributed by atoms with E-state index in [4.69, 9.17) is 0 Å². The van der Waals surface area contributed by atoms with Gasteiger partial charge in [-0.3, -0.25) is 6.58 Å². The van der Waals surface area contributed by atoms with E-state index in [1.807, 2.05) is 12.1 Å². The molecule has 30 heavy (non-hydrogen) atoms. The second-order valence-electron chi connectivity index (χ2n) is 6.79. The van der Waals surface area contributed by atoms with Crippen LogP contribution >= 0.6 is 0 Å². The molecule has 0 atom stereocenters. The van der Waals surface area contributed by atoms with Crippen molar-refractivity contribution < 1.29 is 21.7 Å². The van der Waals surface area contributed by atoms with Crippen LogP contribution in [-0.2, 0) is 34.6 Å². The van der Waals surface area contributed by atoms with Crippen LogP contribution in [-0.4, -0.2) is 0 Å². The van der Waals surface area contributed by atoms with Gasteiger partial charge in [0.15, 0.2) is 0 Å². The summed E-state index contributed by atoms with van der Waals surface area (Å²) in [5.41, 5.74) is 11.0. The Morgan fingerprint density at radius 1 is 0.567 bits per heavy atom. The average molecular weight is 420 g/mol. The molecule has 0 N–H and O–H groups in total. The number of hydrogen-bond donors (Lipinski definition) is 0. The van der Waals surface area contributed by atoms with E-state index < -0.39 is 0 Å². The van der Waals surface area contributed by atoms with Gasteiger partial charge < -0.3 is 14.0 Å². The first-order chi connectivity index (χ1) is 13.9. The minimum atomic E-state index is 0. The van der Waals surface area contributed by atoms with Crippen molar-refractivity contribution in [1.29, 1.82) is 0 Å². The monoisotopic (exact) mass is 420 g/mol. The molecule has 0 amide bonds. The molecule has 2 aliphatic carbocycles. The molecule has 0 aliphatic heterocycles. The maximum Gasteiger partial charge on any atom is 4.00 e. The standard InChI is InChI=1S/2C13H9.C2H3.CH3.Ti/c2*1-3-7-12-10(5-1)9-11-6-2-4-8-13(11)12;1-2;;/h2*1-5,7-8H,9H2;1H,2H2;1H3;/q4*-1;+4. The average Bonchev–Trinajstić information content (AvgIpc) is 3.34. The summed E-state index contributed by atoms with van der Waals surface area (Å²) in [6.07, 6.45) is 2.10. The van der Waals surface area contributed by atoms with Crippen LogP contribution in [0.25, 0.3) is 22.3 Å². The van der Waals surface area contributed by atoms with Gasteiger partial charge in [0.25, 0.3) is 0 Å². The molecule has 1 heteroatoms. The van der Waals surface area contributed by atoms with E-state index in [1.165, 1.54) is 44.5 Å². The van der Waals surface area contributed by atoms with Gasteiger partial charge in [-0.2, -0.15) is 59.7 Å². The van der Waals surface area contributed by atoms with Crippen LogP contribution in [0.3, 0.4) is 0 Å². The predicted molar refractivity (Wildman–Crippen MR) is 123 cm³/mol. The molecular weight excluding hydrogens is 396 g/mol. The molecule has 0 heterocycles. The zero-order chi connectivity index (χ0) is 19.3. The summed E-state index contributed by atoms with van der Waals surface area (Å²) in [5, 5.41) is 0. The topological polar surface area (TPSA) is 0 Å². The van der Waals surface area contributed by atoms with Gasteiger partial charge >= 0.3 is 21.7 Å². The predicted octanol–water partition coefficient (Wildman–Crippen LogP) is 7.17. The fourth-order valence-electron chi connectivity index (χ4n) is 4.00. The zero-order valence-corrected chi connectivity index (χ0v) is 18.8. The Hall–Kier alpha value is -2.67. The van der Waals surface area contributed by atoms with Crippen molar-refractivity contribution in [2.75, 3.05) is 0 Å². The second-order valence-corrected chi connectivity index (χ2v) is 6.79. The summed E-state index contributed by atoms with van der Waals surface area (Å²) in [6.45, 7) is 7.00. The van der Waals surface area contributed by atoms with Crippen LogP contribution in [0.15, 0.2) is 91.5 Å². The Morgan fingerprint density at radius 2 is 0.933 bits per heavy atom. The molecule has 0 spiro atoms. The van der Waals surface area contributed by atoms with Crippen LogP contribution in [0.2, 0.25) is 0 Å². The van der Waals surface area contributed by atoms with Crippen LogP contribution in [0.5, 0.6) is 0 Å². The number of benzene rings is 4. The Kier molecular flexibility index (Phi) is 8.60. The Labute approximate surface area is 196 Å². The van der Waals surface area contributed by atoms with Crippen LogP contribution in [0, 0.1) is 26.1 Å². The summed E-state index contributed by atoms with van der Waals surface area (Å²) >= 11 is 0. The molecule has 4 aromatic carbocycles. The van der Waals surface area contributed by atoms with Crippen molar-refractivity contribution in [1.82, 2.24) is 0 Å². The maximum atomic E-state index is 4.25. The summed E-state index contributed by atoms with van der Waals surface area (Å²) in [5.74, 6) is 0. The van der Waals surface area contributed by atoms with Gasteiger partial charge in [0.1, 0.15) is 0 Å². The van der Waals surface area contributed by atoms with Gasteiger partial charge in [0, 0.05) is 0 Å². The summed E-state index contributed by atoms with van der Waals surface area (Å²) in [7, 11) is 0. The fourth-order valence-corrected chi connectivity index (χ4v) is 4.00. The minimum Gasteiger partial charge on any atom is -0.521 e. The molecule has 0 bridgehead atoms. The molecule has 0 radical (unpaired) electrons. The first kappa shape index (κ1) is 23.6. The third-order valence-corrected chi connectivity index (χ3v) is 5.23. The van der Waals surface area contributed by atoms with Gasteiger partial charge in [0.2, 0.25) is 0 Å². The molecule has 2 aliphatic rings. The Bertz CT molecular complexity index is 934. The third kappa shape index (κ3) is 4.56. The molecule has 0 nitrogen and oxygen atoms in total. The first-order valence-corrected chi connectivity index (χ1v) is 9.47. The second kappa shape index (κ2) is 10.9. The van der Waals surface area contributed by atoms with Crippen molar-refractivity contribution in [3.05, 3.63) is 140 Å². The quantitative estimate of drug-likeness (QED) is 0.181. The van der Waals surface area contributed by atoms with Gasteiger partial charge in [-0.15, -0.1) is 11.1 Å². The van der Waals surface area contributed by atoms with Crippen LogP contribution in [0.4, 0.5) is 0 Å². The van der Waals surface area contributed by atoms with Gasteiger partial charge in [-0.25, -0.2) is 0 Å². The van der Waals surface area contributed by atoms with Crippen LogP contribution < -0.4 is 0 Å². The van der Waals surface area contributed by atoms with Crippen molar-refractivity contribution in [3.63, 3.8) is 0 Å². The maximum absolute atomic E-state index is 4.25. The van der Waals surface area contributed by atoms with Crippen molar-refractivity contribution >= 4 is 0 Å². The number of rotatable bonds is 0. The molecule has 144 valence electrons. The van der Waals surface area contributed by atoms with E-state index >= 15 is 0 Å². The molecule has 0 fully saturated rings. The molecule has 6 rings (SSSR count). The first-order valence-electron chi connectivity index (χ1n) is 9.47. The molecule has 0 unspecified atom stereocenters. The van der Waals surface area contributed by atoms with Crippen LogP contribution in [0.1, 0.15) is 22.3 Å².